The molecule has 5 N–H and O–H groups in total. The summed E-state index contributed by atoms with van der Waals surface area (Å²) in [6.45, 7) is 1.74. The van der Waals surface area contributed by atoms with E-state index in [2.05, 4.69) is 15.4 Å². The fourth-order valence-corrected chi connectivity index (χ4v) is 4.62. The molecule has 178 valence electrons. The predicted octanol–water partition coefficient (Wildman–Crippen LogP) is 3.08. The lowest BCUT2D eigenvalue weighted by Crippen LogP contribution is -2.48. The second-order valence-corrected chi connectivity index (χ2v) is 9.32. The van der Waals surface area contributed by atoms with Gasteiger partial charge < -0.3 is 16.4 Å². The molecule has 0 spiro atoms. The summed E-state index contributed by atoms with van der Waals surface area (Å²) in [6.07, 6.45) is 0.0640. The number of benzene rings is 3. The zero-order chi connectivity index (χ0) is 24.7. The summed E-state index contributed by atoms with van der Waals surface area (Å²) in [5.41, 5.74) is 7.05. The van der Waals surface area contributed by atoms with E-state index in [-0.39, 0.29) is 6.42 Å². The van der Waals surface area contributed by atoms with E-state index in [0.717, 1.165) is 23.3 Å². The monoisotopic (exact) mass is 484 g/mol. The van der Waals surface area contributed by atoms with Gasteiger partial charge in [0.2, 0.25) is 15.9 Å². The Kier molecular flexibility index (Phi) is 7.98. The lowest BCUT2D eigenvalue weighted by molar-refractivity contribution is -0.123. The van der Waals surface area contributed by atoms with E-state index in [1.807, 2.05) is 0 Å². The maximum Gasteiger partial charge on any atom is 0.316 e. The quantitative estimate of drug-likeness (QED) is 0.372. The molecule has 8 nitrogen and oxygen atoms in total. The number of nitrogens with one attached hydrogen (secondary N) is 3. The Balaban J connectivity index is 1.80. The molecule has 34 heavy (non-hydrogen) atoms. The summed E-state index contributed by atoms with van der Waals surface area (Å²) >= 11 is 0. The number of sulfonamides is 1. The van der Waals surface area contributed by atoms with Crippen LogP contribution in [-0.2, 0) is 21.2 Å². The fraction of sp³-hybridized carbons (Fsp3) is 0.167. The Labute approximate surface area is 197 Å². The molecule has 2 atom stereocenters. The highest BCUT2D eigenvalue weighted by atomic mass is 32.2. The minimum Gasteiger partial charge on any atom is -0.351 e. The van der Waals surface area contributed by atoms with E-state index in [1.54, 1.807) is 61.5 Å². The first-order chi connectivity index (χ1) is 16.2. The van der Waals surface area contributed by atoms with E-state index in [4.69, 9.17) is 5.73 Å². The summed E-state index contributed by atoms with van der Waals surface area (Å²) < 4.78 is 42.2. The molecule has 0 saturated carbocycles. The smallest absolute Gasteiger partial charge is 0.316 e. The first kappa shape index (κ1) is 24.9. The van der Waals surface area contributed by atoms with Crippen molar-refractivity contribution < 1.29 is 22.4 Å². The van der Waals surface area contributed by atoms with Gasteiger partial charge in [-0.2, -0.15) is 4.72 Å². The normalized spacial score (nSPS) is 13.0. The van der Waals surface area contributed by atoms with Crippen molar-refractivity contribution >= 4 is 27.6 Å². The predicted molar refractivity (Wildman–Crippen MR) is 127 cm³/mol. The number of urea groups is 1. The Morgan fingerprint density at radius 3 is 2.18 bits per heavy atom. The summed E-state index contributed by atoms with van der Waals surface area (Å²) in [7, 11) is -4.31. The number of halogens is 1. The van der Waals surface area contributed by atoms with Crippen LogP contribution in [0.2, 0.25) is 0 Å². The Morgan fingerprint density at radius 2 is 1.56 bits per heavy atom. The third-order valence-electron chi connectivity index (χ3n) is 5.06. The van der Waals surface area contributed by atoms with Crippen molar-refractivity contribution in [2.45, 2.75) is 30.3 Å². The minimum absolute atomic E-state index is 0.0640. The Hall–Kier alpha value is -3.76. The lowest BCUT2D eigenvalue weighted by atomic mass is 10.0. The molecule has 3 rings (SSSR count). The lowest BCUT2D eigenvalue weighted by Gasteiger charge is -2.22. The fourth-order valence-electron chi connectivity index (χ4n) is 3.35. The second-order valence-electron chi connectivity index (χ2n) is 7.64. The molecule has 3 amide bonds. The van der Waals surface area contributed by atoms with Crippen LogP contribution in [0.1, 0.15) is 24.1 Å². The summed E-state index contributed by atoms with van der Waals surface area (Å²) in [5.74, 6) is -1.48. The molecule has 0 aliphatic carbocycles. The SMILES string of the molecule is CC(NC(=O)[C@H](Cc1ccccc1)NS(=O)(=O)c1ccccc1F)c1ccc(NC(N)=O)cc1. The minimum atomic E-state index is -4.31. The number of carbonyl (C=O) groups excluding carboxylic acids is 2. The Morgan fingerprint density at radius 1 is 0.941 bits per heavy atom. The van der Waals surface area contributed by atoms with Gasteiger partial charge in [-0.15, -0.1) is 0 Å². The number of primary amides is 1. The van der Waals surface area contributed by atoms with Crippen molar-refractivity contribution in [3.63, 3.8) is 0 Å². The summed E-state index contributed by atoms with van der Waals surface area (Å²) in [6, 6.07) is 18.2. The van der Waals surface area contributed by atoms with Gasteiger partial charge in [0.15, 0.2) is 0 Å². The average molecular weight is 485 g/mol. The number of rotatable bonds is 9. The van der Waals surface area contributed by atoms with Crippen molar-refractivity contribution in [1.29, 1.82) is 0 Å². The van der Waals surface area contributed by atoms with E-state index in [0.29, 0.717) is 5.69 Å². The molecule has 3 aromatic carbocycles. The molecule has 1 unspecified atom stereocenters. The van der Waals surface area contributed by atoms with Crippen LogP contribution in [0.15, 0.2) is 83.8 Å². The van der Waals surface area contributed by atoms with E-state index >= 15 is 0 Å². The first-order valence-electron chi connectivity index (χ1n) is 10.4. The van der Waals surface area contributed by atoms with E-state index in [1.165, 1.54) is 12.1 Å². The van der Waals surface area contributed by atoms with Gasteiger partial charge in [-0.3, -0.25) is 4.79 Å². The van der Waals surface area contributed by atoms with E-state index in [9.17, 15) is 22.4 Å². The molecule has 0 heterocycles. The average Bonchev–Trinajstić information content (AvgIpc) is 2.79. The number of hydrogen-bond acceptors (Lipinski definition) is 4. The molecule has 0 aromatic heterocycles. The number of carbonyl (C=O) groups is 2. The Bertz CT molecular complexity index is 1250. The number of amides is 3. The second kappa shape index (κ2) is 10.9. The topological polar surface area (TPSA) is 130 Å². The molecule has 0 aliphatic rings. The molecule has 10 heteroatoms. The maximum absolute atomic E-state index is 14.2. The van der Waals surface area contributed by atoms with Crippen LogP contribution in [-0.4, -0.2) is 26.4 Å². The molecule has 0 bridgehead atoms. The third kappa shape index (κ3) is 6.63. The van der Waals surface area contributed by atoms with Crippen molar-refractivity contribution in [2.75, 3.05) is 5.32 Å². The van der Waals surface area contributed by atoms with E-state index < -0.39 is 44.8 Å². The highest BCUT2D eigenvalue weighted by Gasteiger charge is 2.28. The van der Waals surface area contributed by atoms with Gasteiger partial charge in [0.25, 0.3) is 0 Å². The molecule has 0 saturated heterocycles. The number of nitrogens with two attached hydrogens (primary N) is 1. The summed E-state index contributed by atoms with van der Waals surface area (Å²) in [5, 5.41) is 5.24. The van der Waals surface area contributed by atoms with Crippen LogP contribution in [0.25, 0.3) is 0 Å². The summed E-state index contributed by atoms with van der Waals surface area (Å²) in [4.78, 5) is 23.6. The standard InChI is InChI=1S/C24H25FN4O4S/c1-16(18-11-13-19(14-12-18)28-24(26)31)27-23(30)21(15-17-7-3-2-4-8-17)29-34(32,33)22-10-6-5-9-20(22)25/h2-14,16,21,29H,15H2,1H3,(H,27,30)(H3,26,28,31)/t16?,21-/m0/s1. The highest BCUT2D eigenvalue weighted by Crippen LogP contribution is 2.18. The van der Waals surface area contributed by atoms with Crippen molar-refractivity contribution in [3.8, 4) is 0 Å². The number of hydrogen-bond donors (Lipinski definition) is 4. The number of anilines is 1. The van der Waals surface area contributed by atoms with Crippen molar-refractivity contribution in [3.05, 3.63) is 95.8 Å². The highest BCUT2D eigenvalue weighted by molar-refractivity contribution is 7.89. The van der Waals surface area contributed by atoms with Gasteiger partial charge in [-0.25, -0.2) is 17.6 Å². The van der Waals surface area contributed by atoms with Crippen LogP contribution in [0.4, 0.5) is 14.9 Å². The van der Waals surface area contributed by atoms with Crippen molar-refractivity contribution in [2.24, 2.45) is 5.73 Å². The van der Waals surface area contributed by atoms with Crippen molar-refractivity contribution in [1.82, 2.24) is 10.0 Å². The maximum atomic E-state index is 14.2. The molecule has 0 radical (unpaired) electrons. The van der Waals surface area contributed by atoms with Crippen LogP contribution in [0.3, 0.4) is 0 Å². The molecular formula is C24H25FN4O4S. The molecule has 0 fully saturated rings. The largest absolute Gasteiger partial charge is 0.351 e. The third-order valence-corrected chi connectivity index (χ3v) is 6.56. The van der Waals surface area contributed by atoms with Gasteiger partial charge >= 0.3 is 6.03 Å². The zero-order valence-corrected chi connectivity index (χ0v) is 19.2. The molecule has 3 aromatic rings. The van der Waals surface area contributed by atoms with Gasteiger partial charge in [0.1, 0.15) is 16.8 Å². The zero-order valence-electron chi connectivity index (χ0n) is 18.4. The van der Waals surface area contributed by atoms with Crippen LogP contribution in [0, 0.1) is 5.82 Å². The van der Waals surface area contributed by atoms with Gasteiger partial charge in [0.05, 0.1) is 6.04 Å². The van der Waals surface area contributed by atoms with Gasteiger partial charge in [-0.05, 0) is 48.7 Å². The molecular weight excluding hydrogens is 459 g/mol. The van der Waals surface area contributed by atoms with Crippen LogP contribution >= 0.6 is 0 Å². The van der Waals surface area contributed by atoms with Crippen LogP contribution < -0.4 is 21.1 Å². The first-order valence-corrected chi connectivity index (χ1v) is 11.9. The van der Waals surface area contributed by atoms with Gasteiger partial charge in [-0.1, -0.05) is 54.6 Å². The molecule has 0 aliphatic heterocycles. The van der Waals surface area contributed by atoms with Gasteiger partial charge in [0, 0.05) is 5.69 Å². The van der Waals surface area contributed by atoms with Crippen LogP contribution in [0.5, 0.6) is 0 Å².